The minimum atomic E-state index is -0.0930. The van der Waals surface area contributed by atoms with Gasteiger partial charge in [-0.3, -0.25) is 4.79 Å². The summed E-state index contributed by atoms with van der Waals surface area (Å²) < 4.78 is 6.98. The SMILES string of the molecule is COc1ccccc1-n1nnnc1SCC(=O)Nc1c(C(C)C)cccc1C(C)C. The van der Waals surface area contributed by atoms with Crippen molar-refractivity contribution in [1.82, 2.24) is 20.2 Å². The van der Waals surface area contributed by atoms with Crippen molar-refractivity contribution in [2.75, 3.05) is 18.2 Å². The highest BCUT2D eigenvalue weighted by Crippen LogP contribution is 2.33. The van der Waals surface area contributed by atoms with E-state index in [9.17, 15) is 4.79 Å². The zero-order chi connectivity index (χ0) is 21.7. The number of hydrogen-bond donors (Lipinski definition) is 1. The number of tetrazole rings is 1. The first kappa shape index (κ1) is 21.8. The molecule has 8 heteroatoms. The number of methoxy groups -OCH3 is 1. The van der Waals surface area contributed by atoms with Crippen LogP contribution in [0.2, 0.25) is 0 Å². The van der Waals surface area contributed by atoms with E-state index in [-0.39, 0.29) is 11.7 Å². The molecule has 0 aliphatic carbocycles. The maximum absolute atomic E-state index is 12.8. The molecule has 0 atom stereocenters. The number of carbonyl (C=O) groups excluding carboxylic acids is 1. The smallest absolute Gasteiger partial charge is 0.234 e. The van der Waals surface area contributed by atoms with Crippen molar-refractivity contribution in [3.05, 3.63) is 53.6 Å². The number of amides is 1. The average Bonchev–Trinajstić information content (AvgIpc) is 3.20. The van der Waals surface area contributed by atoms with E-state index in [1.165, 1.54) is 11.8 Å². The van der Waals surface area contributed by atoms with Crippen LogP contribution >= 0.6 is 11.8 Å². The van der Waals surface area contributed by atoms with E-state index in [1.54, 1.807) is 11.8 Å². The topological polar surface area (TPSA) is 81.9 Å². The third-order valence-corrected chi connectivity index (χ3v) is 5.64. The highest BCUT2D eigenvalue weighted by atomic mass is 32.2. The highest BCUT2D eigenvalue weighted by Gasteiger charge is 2.18. The molecule has 0 saturated carbocycles. The van der Waals surface area contributed by atoms with Gasteiger partial charge in [-0.15, -0.1) is 5.10 Å². The van der Waals surface area contributed by atoms with Crippen molar-refractivity contribution in [3.63, 3.8) is 0 Å². The standard InChI is InChI=1S/C22H27N5O2S/c1-14(2)16-9-8-10-17(15(3)4)21(16)23-20(28)13-30-22-24-25-26-27(22)18-11-6-7-12-19(18)29-5/h6-12,14-15H,13H2,1-5H3,(H,23,28). The molecule has 0 aliphatic rings. The molecule has 158 valence electrons. The van der Waals surface area contributed by atoms with E-state index < -0.39 is 0 Å². The number of nitrogens with zero attached hydrogens (tertiary/aromatic N) is 4. The molecule has 0 radical (unpaired) electrons. The minimum absolute atomic E-state index is 0.0930. The number of carbonyl (C=O) groups is 1. The molecule has 7 nitrogen and oxygen atoms in total. The lowest BCUT2D eigenvalue weighted by atomic mass is 9.92. The van der Waals surface area contributed by atoms with Crippen LogP contribution in [0.1, 0.15) is 50.7 Å². The molecule has 1 N–H and O–H groups in total. The average molecular weight is 426 g/mol. The Bertz CT molecular complexity index is 990. The van der Waals surface area contributed by atoms with Crippen LogP contribution in [0.25, 0.3) is 5.69 Å². The summed E-state index contributed by atoms with van der Waals surface area (Å²) in [6.45, 7) is 8.52. The van der Waals surface area contributed by atoms with Crippen LogP contribution in [-0.4, -0.2) is 39.0 Å². The van der Waals surface area contributed by atoms with Gasteiger partial charge in [-0.2, -0.15) is 4.68 Å². The molecule has 0 spiro atoms. The summed E-state index contributed by atoms with van der Waals surface area (Å²) in [5.41, 5.74) is 3.91. The zero-order valence-electron chi connectivity index (χ0n) is 17.9. The summed E-state index contributed by atoms with van der Waals surface area (Å²) >= 11 is 1.28. The lowest BCUT2D eigenvalue weighted by Gasteiger charge is -2.20. The van der Waals surface area contributed by atoms with Gasteiger partial charge in [0.2, 0.25) is 11.1 Å². The number of thioether (sulfide) groups is 1. The van der Waals surface area contributed by atoms with Crippen LogP contribution in [0.5, 0.6) is 5.75 Å². The summed E-state index contributed by atoms with van der Waals surface area (Å²) in [7, 11) is 1.60. The maximum Gasteiger partial charge on any atom is 0.234 e. The largest absolute Gasteiger partial charge is 0.494 e. The normalized spacial score (nSPS) is 11.2. The third-order valence-electron chi connectivity index (χ3n) is 4.72. The second-order valence-electron chi connectivity index (χ2n) is 7.50. The van der Waals surface area contributed by atoms with Gasteiger partial charge < -0.3 is 10.1 Å². The van der Waals surface area contributed by atoms with Gasteiger partial charge in [0.15, 0.2) is 0 Å². The fourth-order valence-corrected chi connectivity index (χ4v) is 3.91. The van der Waals surface area contributed by atoms with Crippen molar-refractivity contribution >= 4 is 23.4 Å². The molecule has 3 rings (SSSR count). The Morgan fingerprint density at radius 1 is 1.07 bits per heavy atom. The molecule has 30 heavy (non-hydrogen) atoms. The second-order valence-corrected chi connectivity index (χ2v) is 8.45. The summed E-state index contributed by atoms with van der Waals surface area (Å²) in [5.74, 6) is 1.38. The molecule has 0 unspecified atom stereocenters. The van der Waals surface area contributed by atoms with Crippen molar-refractivity contribution in [2.45, 2.75) is 44.7 Å². The zero-order valence-corrected chi connectivity index (χ0v) is 18.7. The van der Waals surface area contributed by atoms with Crippen molar-refractivity contribution in [2.24, 2.45) is 0 Å². The van der Waals surface area contributed by atoms with Crippen molar-refractivity contribution < 1.29 is 9.53 Å². The van der Waals surface area contributed by atoms with Gasteiger partial charge in [-0.05, 0) is 45.5 Å². The Kier molecular flexibility index (Phi) is 7.10. The number of hydrogen-bond acceptors (Lipinski definition) is 6. The van der Waals surface area contributed by atoms with Gasteiger partial charge in [0.1, 0.15) is 11.4 Å². The molecule has 1 heterocycles. The number of rotatable bonds is 8. The Morgan fingerprint density at radius 3 is 2.37 bits per heavy atom. The molecule has 0 fully saturated rings. The Hall–Kier alpha value is -2.87. The van der Waals surface area contributed by atoms with E-state index >= 15 is 0 Å². The number of para-hydroxylation sites is 3. The van der Waals surface area contributed by atoms with Crippen LogP contribution in [0.4, 0.5) is 5.69 Å². The number of anilines is 1. The molecule has 0 bridgehead atoms. The molecular weight excluding hydrogens is 398 g/mol. The van der Waals surface area contributed by atoms with E-state index in [2.05, 4.69) is 66.7 Å². The van der Waals surface area contributed by atoms with Gasteiger partial charge in [-0.1, -0.05) is 69.8 Å². The predicted octanol–water partition coefficient (Wildman–Crippen LogP) is 4.65. The molecular formula is C22H27N5O2S. The first-order chi connectivity index (χ1) is 14.4. The lowest BCUT2D eigenvalue weighted by molar-refractivity contribution is -0.113. The van der Waals surface area contributed by atoms with Gasteiger partial charge in [0.25, 0.3) is 0 Å². The Morgan fingerprint density at radius 2 is 1.73 bits per heavy atom. The monoisotopic (exact) mass is 425 g/mol. The van der Waals surface area contributed by atoms with Gasteiger partial charge in [-0.25, -0.2) is 0 Å². The molecule has 2 aromatic carbocycles. The summed E-state index contributed by atoms with van der Waals surface area (Å²) in [4.78, 5) is 12.8. The number of ether oxygens (including phenoxy) is 1. The molecule has 3 aromatic rings. The van der Waals surface area contributed by atoms with Gasteiger partial charge >= 0.3 is 0 Å². The molecule has 0 aliphatic heterocycles. The second kappa shape index (κ2) is 9.75. The fraction of sp³-hybridized carbons (Fsp3) is 0.364. The van der Waals surface area contributed by atoms with E-state index in [4.69, 9.17) is 4.74 Å². The highest BCUT2D eigenvalue weighted by molar-refractivity contribution is 7.99. The third kappa shape index (κ3) is 4.81. The molecule has 1 amide bonds. The predicted molar refractivity (Wildman–Crippen MR) is 120 cm³/mol. The van der Waals surface area contributed by atoms with Crippen molar-refractivity contribution in [1.29, 1.82) is 0 Å². The van der Waals surface area contributed by atoms with Crippen LogP contribution in [0.15, 0.2) is 47.6 Å². The molecule has 1 aromatic heterocycles. The van der Waals surface area contributed by atoms with Crippen LogP contribution in [-0.2, 0) is 4.79 Å². The van der Waals surface area contributed by atoms with Crippen molar-refractivity contribution in [3.8, 4) is 11.4 Å². The summed E-state index contributed by atoms with van der Waals surface area (Å²) in [6.07, 6.45) is 0. The number of benzene rings is 2. The van der Waals surface area contributed by atoms with Crippen LogP contribution in [0, 0.1) is 0 Å². The summed E-state index contributed by atoms with van der Waals surface area (Å²) in [6, 6.07) is 13.7. The first-order valence-corrected chi connectivity index (χ1v) is 10.9. The quantitative estimate of drug-likeness (QED) is 0.529. The molecule has 0 saturated heterocycles. The number of aromatic nitrogens is 4. The van der Waals surface area contributed by atoms with Crippen LogP contribution in [0.3, 0.4) is 0 Å². The Balaban J connectivity index is 1.77. The van der Waals surface area contributed by atoms with Crippen LogP contribution < -0.4 is 10.1 Å². The lowest BCUT2D eigenvalue weighted by Crippen LogP contribution is -2.18. The summed E-state index contributed by atoms with van der Waals surface area (Å²) in [5, 5.41) is 15.5. The van der Waals surface area contributed by atoms with Gasteiger partial charge in [0, 0.05) is 5.69 Å². The maximum atomic E-state index is 12.8. The first-order valence-electron chi connectivity index (χ1n) is 9.89. The minimum Gasteiger partial charge on any atom is -0.494 e. The Labute approximate surface area is 181 Å². The van der Waals surface area contributed by atoms with Gasteiger partial charge in [0.05, 0.1) is 12.9 Å². The van der Waals surface area contributed by atoms with E-state index in [1.807, 2.05) is 24.3 Å². The number of nitrogens with one attached hydrogen (secondary N) is 1. The fourth-order valence-electron chi connectivity index (χ4n) is 3.23. The van der Waals surface area contributed by atoms with E-state index in [0.29, 0.717) is 22.7 Å². The van der Waals surface area contributed by atoms with E-state index in [0.717, 1.165) is 22.5 Å².